The number of carboxylic acid groups (broad SMARTS) is 1. The molecule has 0 aromatic heterocycles. The van der Waals surface area contributed by atoms with Crippen LogP contribution in [0.1, 0.15) is 51.0 Å². The SMILES string of the molecule is CCOC1(C(=O)N2CCC(C(=O)O)(c3ccccc3)CC2)CCCC1. The highest BCUT2D eigenvalue weighted by atomic mass is 16.5. The molecule has 2 fully saturated rings. The molecule has 0 unspecified atom stereocenters. The molecule has 2 aliphatic rings. The molecule has 5 nitrogen and oxygen atoms in total. The molecule has 0 radical (unpaired) electrons. The number of aliphatic carboxylic acids is 1. The minimum atomic E-state index is -0.896. The third-order valence-electron chi connectivity index (χ3n) is 5.86. The summed E-state index contributed by atoms with van der Waals surface area (Å²) in [7, 11) is 0. The van der Waals surface area contributed by atoms with Gasteiger partial charge in [0, 0.05) is 19.7 Å². The van der Waals surface area contributed by atoms with Crippen molar-refractivity contribution in [2.24, 2.45) is 0 Å². The van der Waals surface area contributed by atoms with Gasteiger partial charge in [0.2, 0.25) is 0 Å². The first-order valence-corrected chi connectivity index (χ1v) is 9.26. The molecule has 1 amide bonds. The first kappa shape index (κ1) is 17.9. The number of amides is 1. The van der Waals surface area contributed by atoms with Gasteiger partial charge in [-0.15, -0.1) is 0 Å². The number of ether oxygens (including phenoxy) is 1. The number of nitrogens with zero attached hydrogens (tertiary/aromatic N) is 1. The van der Waals surface area contributed by atoms with E-state index in [9.17, 15) is 14.7 Å². The first-order valence-electron chi connectivity index (χ1n) is 9.26. The summed E-state index contributed by atoms with van der Waals surface area (Å²) < 4.78 is 5.88. The Bertz CT molecular complexity index is 614. The molecular formula is C20H27NO4. The molecule has 3 rings (SSSR count). The molecule has 1 saturated heterocycles. The second-order valence-corrected chi connectivity index (χ2v) is 7.18. The average Bonchev–Trinajstić information content (AvgIpc) is 3.12. The quantitative estimate of drug-likeness (QED) is 0.891. The molecule has 1 aliphatic heterocycles. The Balaban J connectivity index is 1.76. The van der Waals surface area contributed by atoms with Crippen LogP contribution in [-0.2, 0) is 19.7 Å². The minimum absolute atomic E-state index is 0.0545. The number of piperidine rings is 1. The summed E-state index contributed by atoms with van der Waals surface area (Å²) in [6.45, 7) is 3.39. The fraction of sp³-hybridized carbons (Fsp3) is 0.600. The van der Waals surface area contributed by atoms with E-state index in [1.54, 1.807) is 0 Å². The lowest BCUT2D eigenvalue weighted by molar-refractivity contribution is -0.161. The van der Waals surface area contributed by atoms with E-state index >= 15 is 0 Å². The van der Waals surface area contributed by atoms with E-state index in [-0.39, 0.29) is 5.91 Å². The van der Waals surface area contributed by atoms with Crippen LogP contribution in [0.3, 0.4) is 0 Å². The van der Waals surface area contributed by atoms with E-state index in [4.69, 9.17) is 4.74 Å². The lowest BCUT2D eigenvalue weighted by atomic mass is 9.72. The van der Waals surface area contributed by atoms with Gasteiger partial charge < -0.3 is 14.7 Å². The van der Waals surface area contributed by atoms with Gasteiger partial charge in [-0.25, -0.2) is 0 Å². The third kappa shape index (κ3) is 3.17. The molecule has 1 aliphatic carbocycles. The van der Waals surface area contributed by atoms with Crippen LogP contribution in [0.25, 0.3) is 0 Å². The number of carbonyl (C=O) groups is 2. The molecule has 1 aromatic rings. The highest BCUT2D eigenvalue weighted by Crippen LogP contribution is 2.39. The van der Waals surface area contributed by atoms with Crippen LogP contribution >= 0.6 is 0 Å². The van der Waals surface area contributed by atoms with Crippen LogP contribution in [0.4, 0.5) is 0 Å². The number of benzene rings is 1. The van der Waals surface area contributed by atoms with E-state index < -0.39 is 17.0 Å². The fourth-order valence-corrected chi connectivity index (χ4v) is 4.41. The molecule has 1 N–H and O–H groups in total. The van der Waals surface area contributed by atoms with Crippen LogP contribution in [0, 0.1) is 0 Å². The number of rotatable bonds is 5. The second-order valence-electron chi connectivity index (χ2n) is 7.18. The normalized spacial score (nSPS) is 21.9. The molecule has 0 atom stereocenters. The van der Waals surface area contributed by atoms with Crippen molar-refractivity contribution in [1.82, 2.24) is 4.90 Å². The van der Waals surface area contributed by atoms with Gasteiger partial charge in [-0.1, -0.05) is 30.3 Å². The molecule has 0 spiro atoms. The lowest BCUT2D eigenvalue weighted by Crippen LogP contribution is -2.55. The van der Waals surface area contributed by atoms with Crippen molar-refractivity contribution in [3.63, 3.8) is 0 Å². The van der Waals surface area contributed by atoms with Crippen molar-refractivity contribution >= 4 is 11.9 Å². The molecule has 0 bridgehead atoms. The zero-order valence-corrected chi connectivity index (χ0v) is 14.9. The smallest absolute Gasteiger partial charge is 0.314 e. The minimum Gasteiger partial charge on any atom is -0.481 e. The van der Waals surface area contributed by atoms with E-state index in [2.05, 4.69) is 0 Å². The predicted molar refractivity (Wildman–Crippen MR) is 94.4 cm³/mol. The standard InChI is InChI=1S/C20H27NO4/c1-2-25-20(10-6-7-11-20)17(22)21-14-12-19(13-15-21,18(23)24)16-8-4-3-5-9-16/h3-5,8-9H,2,6-7,10-15H2,1H3,(H,23,24). The molecule has 1 heterocycles. The van der Waals surface area contributed by atoms with Crippen LogP contribution < -0.4 is 0 Å². The molecule has 5 heteroatoms. The maximum atomic E-state index is 13.1. The molecule has 1 saturated carbocycles. The Kier molecular flexibility index (Phi) is 5.13. The molecule has 25 heavy (non-hydrogen) atoms. The van der Waals surface area contributed by atoms with Crippen LogP contribution in [0.15, 0.2) is 30.3 Å². The predicted octanol–water partition coefficient (Wildman–Crippen LogP) is 2.98. The Morgan fingerprint density at radius 3 is 2.20 bits per heavy atom. The zero-order chi connectivity index (χ0) is 17.9. The number of carbonyl (C=O) groups excluding carboxylic acids is 1. The molecule has 136 valence electrons. The Morgan fingerprint density at radius 2 is 1.68 bits per heavy atom. The van der Waals surface area contributed by atoms with Gasteiger partial charge in [0.05, 0.1) is 5.41 Å². The van der Waals surface area contributed by atoms with E-state index in [1.807, 2.05) is 42.2 Å². The summed E-state index contributed by atoms with van der Waals surface area (Å²) in [6, 6.07) is 9.40. The summed E-state index contributed by atoms with van der Waals surface area (Å²) in [5.74, 6) is -0.745. The largest absolute Gasteiger partial charge is 0.481 e. The first-order chi connectivity index (χ1) is 12.0. The fourth-order valence-electron chi connectivity index (χ4n) is 4.41. The van der Waals surface area contributed by atoms with Crippen molar-refractivity contribution in [3.8, 4) is 0 Å². The summed E-state index contributed by atoms with van der Waals surface area (Å²) in [6.07, 6.45) is 4.48. The Labute approximate surface area is 149 Å². The van der Waals surface area contributed by atoms with E-state index in [1.165, 1.54) is 0 Å². The Morgan fingerprint density at radius 1 is 1.08 bits per heavy atom. The maximum Gasteiger partial charge on any atom is 0.314 e. The number of carboxylic acids is 1. The van der Waals surface area contributed by atoms with Crippen molar-refractivity contribution in [2.75, 3.05) is 19.7 Å². The van der Waals surface area contributed by atoms with Gasteiger partial charge in [0.15, 0.2) is 0 Å². The summed E-state index contributed by atoms with van der Waals surface area (Å²) in [4.78, 5) is 27.0. The van der Waals surface area contributed by atoms with Crippen molar-refractivity contribution in [2.45, 2.75) is 56.5 Å². The van der Waals surface area contributed by atoms with Crippen LogP contribution in [-0.4, -0.2) is 47.2 Å². The van der Waals surface area contributed by atoms with Gasteiger partial charge in [0.1, 0.15) is 5.60 Å². The topological polar surface area (TPSA) is 66.8 Å². The Hall–Kier alpha value is -1.88. The lowest BCUT2D eigenvalue weighted by Gasteiger charge is -2.42. The monoisotopic (exact) mass is 345 g/mol. The van der Waals surface area contributed by atoms with Crippen molar-refractivity contribution < 1.29 is 19.4 Å². The highest BCUT2D eigenvalue weighted by molar-refractivity contribution is 5.87. The van der Waals surface area contributed by atoms with Crippen LogP contribution in [0.5, 0.6) is 0 Å². The number of likely N-dealkylation sites (tertiary alicyclic amines) is 1. The molecule has 1 aromatic carbocycles. The van der Waals surface area contributed by atoms with Gasteiger partial charge >= 0.3 is 5.97 Å². The summed E-state index contributed by atoms with van der Waals surface area (Å²) >= 11 is 0. The summed E-state index contributed by atoms with van der Waals surface area (Å²) in [5.41, 5.74) is -0.744. The van der Waals surface area contributed by atoms with Crippen molar-refractivity contribution in [3.05, 3.63) is 35.9 Å². The number of hydrogen-bond acceptors (Lipinski definition) is 3. The summed E-state index contributed by atoms with van der Waals surface area (Å²) in [5, 5.41) is 9.89. The van der Waals surface area contributed by atoms with Crippen LogP contribution in [0.2, 0.25) is 0 Å². The van der Waals surface area contributed by atoms with Gasteiger partial charge in [-0.2, -0.15) is 0 Å². The third-order valence-corrected chi connectivity index (χ3v) is 5.86. The van der Waals surface area contributed by atoms with Gasteiger partial charge in [-0.05, 0) is 51.0 Å². The average molecular weight is 345 g/mol. The van der Waals surface area contributed by atoms with Crippen molar-refractivity contribution in [1.29, 1.82) is 0 Å². The van der Waals surface area contributed by atoms with Gasteiger partial charge in [0.25, 0.3) is 5.91 Å². The second kappa shape index (κ2) is 7.16. The van der Waals surface area contributed by atoms with Gasteiger partial charge in [-0.3, -0.25) is 9.59 Å². The number of hydrogen-bond donors (Lipinski definition) is 1. The zero-order valence-electron chi connectivity index (χ0n) is 14.9. The van der Waals surface area contributed by atoms with E-state index in [0.29, 0.717) is 32.5 Å². The van der Waals surface area contributed by atoms with E-state index in [0.717, 1.165) is 31.2 Å². The molecular weight excluding hydrogens is 318 g/mol. The maximum absolute atomic E-state index is 13.1. The highest BCUT2D eigenvalue weighted by Gasteiger charge is 2.49.